The fourth-order valence-corrected chi connectivity index (χ4v) is 1.38. The van der Waals surface area contributed by atoms with Crippen LogP contribution in [-0.2, 0) is 15.0 Å². The first-order valence-corrected chi connectivity index (χ1v) is 6.09. The smallest absolute Gasteiger partial charge is 0.357 e. The maximum atomic E-state index is 11.0. The highest BCUT2D eigenvalue weighted by Gasteiger charge is 2.06. The molecule has 1 aromatic carbocycles. The highest BCUT2D eigenvalue weighted by Crippen LogP contribution is 2.11. The van der Waals surface area contributed by atoms with Gasteiger partial charge in [0.15, 0.2) is 0 Å². The average Bonchev–Trinajstić information content (AvgIpc) is 2.28. The van der Waals surface area contributed by atoms with Gasteiger partial charge in [0, 0.05) is 0 Å². The topological polar surface area (TPSA) is 131 Å². The third-order valence-corrected chi connectivity index (χ3v) is 2.05. The Morgan fingerprint density at radius 2 is 1.78 bits per heavy atom. The van der Waals surface area contributed by atoms with E-state index in [-0.39, 0.29) is 5.69 Å². The number of carbonyl (C=O) groups is 1. The van der Waals surface area contributed by atoms with E-state index in [0.29, 0.717) is 5.56 Å². The monoisotopic (exact) mass is 277 g/mol. The molecule has 0 radical (unpaired) electrons. The molecule has 5 N–H and O–H groups in total. The number of methoxy groups -OCH3 is 1. The van der Waals surface area contributed by atoms with Gasteiger partial charge < -0.3 is 4.74 Å². The van der Waals surface area contributed by atoms with E-state index < -0.39 is 16.3 Å². The minimum Gasteiger partial charge on any atom is -0.465 e. The van der Waals surface area contributed by atoms with Gasteiger partial charge in [0.25, 0.3) is 0 Å². The maximum Gasteiger partial charge on any atom is 0.357 e. The number of nitrogens with two attached hydrogens (primary N) is 1. The molecule has 1 aromatic rings. The Morgan fingerprint density at radius 1 is 1.33 bits per heavy atom. The largest absolute Gasteiger partial charge is 0.465 e. The third kappa shape index (κ3) is 6.81. The van der Waals surface area contributed by atoms with Crippen molar-refractivity contribution in [1.29, 1.82) is 0 Å². The minimum absolute atomic E-state index is 0.158. The third-order valence-electron chi connectivity index (χ3n) is 1.55. The Labute approximate surface area is 105 Å². The van der Waals surface area contributed by atoms with Gasteiger partial charge in [-0.3, -0.25) is 20.5 Å². The van der Waals surface area contributed by atoms with E-state index in [1.54, 1.807) is 7.05 Å². The summed E-state index contributed by atoms with van der Waals surface area (Å²) in [5, 5.41) is 0. The number of nitrogens with one attached hydrogen (secondary N) is 2. The van der Waals surface area contributed by atoms with Crippen molar-refractivity contribution < 1.29 is 22.5 Å². The SMILES string of the molecule is CNN.COC(=O)c1ccc(NS(=O)(=O)O)cc1. The second-order valence-corrected chi connectivity index (χ2v) is 4.09. The van der Waals surface area contributed by atoms with Crippen molar-refractivity contribution in [3.05, 3.63) is 29.8 Å². The number of hydrogen-bond donors (Lipinski definition) is 4. The molecule has 1 rings (SSSR count). The molecule has 0 atom stereocenters. The standard InChI is InChI=1S/C8H9NO5S.CH6N2/c1-14-8(10)6-2-4-7(5-3-6)9-15(11,12)13;1-3-2/h2-5,9H,1H3,(H,11,12,13);3H,2H2,1H3. The molecule has 0 saturated heterocycles. The van der Waals surface area contributed by atoms with Crippen LogP contribution in [0.4, 0.5) is 5.69 Å². The Morgan fingerprint density at radius 3 is 2.11 bits per heavy atom. The van der Waals surface area contributed by atoms with Gasteiger partial charge in [0.1, 0.15) is 0 Å². The van der Waals surface area contributed by atoms with Crippen LogP contribution >= 0.6 is 0 Å². The Kier molecular flexibility index (Phi) is 6.90. The molecule has 0 unspecified atom stereocenters. The lowest BCUT2D eigenvalue weighted by Crippen LogP contribution is -2.13. The molecule has 0 fully saturated rings. The summed E-state index contributed by atoms with van der Waals surface area (Å²) in [4.78, 5) is 11.0. The Hall–Kier alpha value is -1.68. The summed E-state index contributed by atoms with van der Waals surface area (Å²) < 4.78 is 35.6. The zero-order valence-electron chi connectivity index (χ0n) is 9.88. The number of anilines is 1. The molecular weight excluding hydrogens is 262 g/mol. The number of carbonyl (C=O) groups excluding carboxylic acids is 1. The van der Waals surface area contributed by atoms with Crippen molar-refractivity contribution in [2.24, 2.45) is 5.84 Å². The van der Waals surface area contributed by atoms with Crippen LogP contribution in [0.3, 0.4) is 0 Å². The van der Waals surface area contributed by atoms with Crippen LogP contribution in [0.1, 0.15) is 10.4 Å². The molecule has 0 aliphatic heterocycles. The predicted molar refractivity (Wildman–Crippen MR) is 66.2 cm³/mol. The van der Waals surface area contributed by atoms with E-state index in [0.717, 1.165) is 0 Å². The molecule has 0 spiro atoms. The summed E-state index contributed by atoms with van der Waals surface area (Å²) >= 11 is 0. The van der Waals surface area contributed by atoms with Crippen LogP contribution in [0, 0.1) is 0 Å². The lowest BCUT2D eigenvalue weighted by molar-refractivity contribution is 0.0601. The van der Waals surface area contributed by atoms with E-state index in [1.807, 2.05) is 4.72 Å². The molecule has 9 heteroatoms. The van der Waals surface area contributed by atoms with E-state index >= 15 is 0 Å². The molecular formula is C9H15N3O5S. The van der Waals surface area contributed by atoms with Gasteiger partial charge in [0.05, 0.1) is 18.4 Å². The zero-order valence-corrected chi connectivity index (χ0v) is 10.7. The fourth-order valence-electron chi connectivity index (χ4n) is 0.941. The lowest BCUT2D eigenvalue weighted by Gasteiger charge is -2.03. The Bertz CT molecular complexity index is 471. The summed E-state index contributed by atoms with van der Waals surface area (Å²) in [6, 6.07) is 5.42. The number of esters is 1. The van der Waals surface area contributed by atoms with Crippen LogP contribution in [0.15, 0.2) is 24.3 Å². The molecule has 0 aromatic heterocycles. The van der Waals surface area contributed by atoms with Crippen LogP contribution in [0.5, 0.6) is 0 Å². The maximum absolute atomic E-state index is 11.0. The minimum atomic E-state index is -4.28. The van der Waals surface area contributed by atoms with Gasteiger partial charge >= 0.3 is 16.3 Å². The van der Waals surface area contributed by atoms with Crippen molar-refractivity contribution in [2.75, 3.05) is 18.9 Å². The van der Waals surface area contributed by atoms with Crippen LogP contribution in [0.2, 0.25) is 0 Å². The number of hydrazine groups is 1. The first-order valence-electron chi connectivity index (χ1n) is 4.65. The van der Waals surface area contributed by atoms with Gasteiger partial charge in [0.2, 0.25) is 0 Å². The van der Waals surface area contributed by atoms with E-state index in [1.165, 1.54) is 31.4 Å². The molecule has 8 nitrogen and oxygen atoms in total. The summed E-state index contributed by atoms with van der Waals surface area (Å²) in [5.74, 6) is 4.08. The molecule has 102 valence electrons. The van der Waals surface area contributed by atoms with E-state index in [2.05, 4.69) is 16.0 Å². The Balaban J connectivity index is 0.000000873. The normalized spacial score (nSPS) is 10.0. The summed E-state index contributed by atoms with van der Waals surface area (Å²) in [6.45, 7) is 0. The summed E-state index contributed by atoms with van der Waals surface area (Å²) in [6.07, 6.45) is 0. The molecule has 0 bridgehead atoms. The van der Waals surface area contributed by atoms with Crippen molar-refractivity contribution in [3.63, 3.8) is 0 Å². The van der Waals surface area contributed by atoms with Gasteiger partial charge in [-0.15, -0.1) is 0 Å². The lowest BCUT2D eigenvalue weighted by atomic mass is 10.2. The molecule has 0 aliphatic carbocycles. The second kappa shape index (κ2) is 7.61. The van der Waals surface area contributed by atoms with Gasteiger partial charge in [-0.2, -0.15) is 8.42 Å². The van der Waals surface area contributed by atoms with Crippen LogP contribution in [-0.4, -0.2) is 33.1 Å². The van der Waals surface area contributed by atoms with E-state index in [9.17, 15) is 13.2 Å². The molecule has 0 amide bonds. The summed E-state index contributed by atoms with van der Waals surface area (Å²) in [5.41, 5.74) is 2.70. The number of benzene rings is 1. The molecule has 18 heavy (non-hydrogen) atoms. The van der Waals surface area contributed by atoms with E-state index in [4.69, 9.17) is 4.55 Å². The quantitative estimate of drug-likeness (QED) is 0.260. The predicted octanol–water partition coefficient (Wildman–Crippen LogP) is -0.233. The van der Waals surface area contributed by atoms with Crippen molar-refractivity contribution in [1.82, 2.24) is 5.43 Å². The average molecular weight is 277 g/mol. The highest BCUT2D eigenvalue weighted by atomic mass is 32.2. The van der Waals surface area contributed by atoms with Crippen LogP contribution < -0.4 is 16.0 Å². The highest BCUT2D eigenvalue weighted by molar-refractivity contribution is 7.87. The van der Waals surface area contributed by atoms with Crippen LogP contribution in [0.25, 0.3) is 0 Å². The zero-order chi connectivity index (χ0) is 14.2. The van der Waals surface area contributed by atoms with Gasteiger partial charge in [-0.05, 0) is 31.3 Å². The molecule has 0 aliphatic rings. The first-order chi connectivity index (χ1) is 8.34. The van der Waals surface area contributed by atoms with Gasteiger partial charge in [-0.1, -0.05) is 0 Å². The van der Waals surface area contributed by atoms with Crippen molar-refractivity contribution in [2.45, 2.75) is 0 Å². The van der Waals surface area contributed by atoms with Crippen molar-refractivity contribution >= 4 is 22.0 Å². The number of ether oxygens (including phenoxy) is 1. The molecule has 0 heterocycles. The number of rotatable bonds is 3. The summed E-state index contributed by atoms with van der Waals surface area (Å²) in [7, 11) is -1.39. The second-order valence-electron chi connectivity index (χ2n) is 2.93. The fraction of sp³-hybridized carbons (Fsp3) is 0.222. The van der Waals surface area contributed by atoms with Gasteiger partial charge in [-0.25, -0.2) is 4.79 Å². The molecule has 0 saturated carbocycles. The number of hydrogen-bond acceptors (Lipinski definition) is 6. The van der Waals surface area contributed by atoms with Crippen molar-refractivity contribution in [3.8, 4) is 0 Å². The first kappa shape index (κ1) is 16.3.